The zero-order valence-corrected chi connectivity index (χ0v) is 13.8. The zero-order chi connectivity index (χ0) is 19.3. The van der Waals surface area contributed by atoms with E-state index in [1.165, 1.54) is 0 Å². The summed E-state index contributed by atoms with van der Waals surface area (Å²) in [6.07, 6.45) is 0. The fourth-order valence-electron chi connectivity index (χ4n) is 2.27. The summed E-state index contributed by atoms with van der Waals surface area (Å²) in [5.74, 6) is -5.80. The van der Waals surface area contributed by atoms with Crippen LogP contribution >= 0.6 is 0 Å². The number of amides is 2. The molecular weight excluding hydrogens is 346 g/mol. The average molecular weight is 362 g/mol. The van der Waals surface area contributed by atoms with Gasteiger partial charge in [-0.25, -0.2) is 8.78 Å². The largest absolute Gasteiger partial charge is 0.480 e. The van der Waals surface area contributed by atoms with Gasteiger partial charge in [0, 0.05) is 5.56 Å². The van der Waals surface area contributed by atoms with Crippen molar-refractivity contribution in [3.63, 3.8) is 0 Å². The van der Waals surface area contributed by atoms with E-state index in [4.69, 9.17) is 5.11 Å². The molecule has 0 aliphatic rings. The van der Waals surface area contributed by atoms with E-state index in [1.807, 2.05) is 11.4 Å². The Hall–Kier alpha value is -3.29. The van der Waals surface area contributed by atoms with Crippen molar-refractivity contribution in [3.05, 3.63) is 70.8 Å². The molecule has 0 saturated carbocycles. The smallest absolute Gasteiger partial charge is 0.322 e. The second-order valence-electron chi connectivity index (χ2n) is 5.50. The standard InChI is InChI=1S/C18H16F2N2O4/c1-10(11-5-3-2-4-6-11)22-17(25)12-7-13(19)16(14(20)8-12)18(26)21-9-15(23)24/h2-8,10H,9H2,1H3,(H,21,26)(H,22,25)(H,23,24)/t10-/m0/s1. The number of benzene rings is 2. The first-order valence-corrected chi connectivity index (χ1v) is 7.64. The number of rotatable bonds is 6. The van der Waals surface area contributed by atoms with E-state index in [9.17, 15) is 23.2 Å². The molecule has 0 radical (unpaired) electrons. The van der Waals surface area contributed by atoms with Gasteiger partial charge in [0.15, 0.2) is 0 Å². The van der Waals surface area contributed by atoms with Crippen molar-refractivity contribution >= 4 is 17.8 Å². The maximum absolute atomic E-state index is 14.1. The Balaban J connectivity index is 2.17. The van der Waals surface area contributed by atoms with Crippen LogP contribution in [0.3, 0.4) is 0 Å². The molecule has 6 nitrogen and oxygen atoms in total. The molecule has 0 saturated heterocycles. The number of hydrogen-bond donors (Lipinski definition) is 3. The van der Waals surface area contributed by atoms with Gasteiger partial charge in [0.1, 0.15) is 23.7 Å². The Labute approximate surface area is 147 Å². The minimum absolute atomic E-state index is 0.294. The number of carboxylic acids is 1. The van der Waals surface area contributed by atoms with Crippen LogP contribution in [0.15, 0.2) is 42.5 Å². The molecular formula is C18H16F2N2O4. The molecule has 1 atom stereocenters. The summed E-state index contributed by atoms with van der Waals surface area (Å²) in [5, 5.41) is 13.0. The van der Waals surface area contributed by atoms with E-state index < -0.39 is 47.6 Å². The van der Waals surface area contributed by atoms with E-state index in [0.717, 1.165) is 17.7 Å². The van der Waals surface area contributed by atoms with Gasteiger partial charge in [0.05, 0.1) is 6.04 Å². The lowest BCUT2D eigenvalue weighted by Gasteiger charge is -2.15. The summed E-state index contributed by atoms with van der Waals surface area (Å²) in [6.45, 7) is 0.933. The van der Waals surface area contributed by atoms with Crippen molar-refractivity contribution in [1.82, 2.24) is 10.6 Å². The van der Waals surface area contributed by atoms with Crippen molar-refractivity contribution in [2.45, 2.75) is 13.0 Å². The van der Waals surface area contributed by atoms with E-state index in [0.29, 0.717) is 0 Å². The topological polar surface area (TPSA) is 95.5 Å². The van der Waals surface area contributed by atoms with E-state index in [1.54, 1.807) is 31.2 Å². The second-order valence-corrected chi connectivity index (χ2v) is 5.50. The second kappa shape index (κ2) is 8.19. The number of carbonyl (C=O) groups is 3. The molecule has 136 valence electrons. The van der Waals surface area contributed by atoms with Gasteiger partial charge < -0.3 is 15.7 Å². The fraction of sp³-hybridized carbons (Fsp3) is 0.167. The lowest BCUT2D eigenvalue weighted by atomic mass is 10.1. The quantitative estimate of drug-likeness (QED) is 0.735. The van der Waals surface area contributed by atoms with Gasteiger partial charge in [-0.2, -0.15) is 0 Å². The van der Waals surface area contributed by atoms with Gasteiger partial charge in [0.2, 0.25) is 0 Å². The molecule has 0 fully saturated rings. The van der Waals surface area contributed by atoms with E-state index >= 15 is 0 Å². The third-order valence-electron chi connectivity index (χ3n) is 3.58. The number of carbonyl (C=O) groups excluding carboxylic acids is 2. The number of halogens is 2. The Morgan fingerprint density at radius 3 is 2.15 bits per heavy atom. The van der Waals surface area contributed by atoms with Crippen molar-refractivity contribution in [2.75, 3.05) is 6.54 Å². The Morgan fingerprint density at radius 1 is 1.04 bits per heavy atom. The van der Waals surface area contributed by atoms with Gasteiger partial charge in [-0.3, -0.25) is 14.4 Å². The summed E-state index contributed by atoms with van der Waals surface area (Å²) >= 11 is 0. The maximum Gasteiger partial charge on any atom is 0.322 e. The van der Waals surface area contributed by atoms with Crippen LogP contribution in [0.5, 0.6) is 0 Å². The monoisotopic (exact) mass is 362 g/mol. The van der Waals surface area contributed by atoms with Gasteiger partial charge in [-0.05, 0) is 24.6 Å². The van der Waals surface area contributed by atoms with E-state index in [2.05, 4.69) is 5.32 Å². The fourth-order valence-corrected chi connectivity index (χ4v) is 2.27. The lowest BCUT2D eigenvalue weighted by Crippen LogP contribution is -2.31. The van der Waals surface area contributed by atoms with Crippen LogP contribution in [0.1, 0.15) is 39.2 Å². The number of nitrogens with one attached hydrogen (secondary N) is 2. The normalized spacial score (nSPS) is 11.5. The molecule has 0 heterocycles. The molecule has 2 aromatic rings. The van der Waals surface area contributed by atoms with Gasteiger partial charge in [0.25, 0.3) is 11.8 Å². The van der Waals surface area contributed by atoms with Crippen LogP contribution in [0.4, 0.5) is 8.78 Å². The molecule has 8 heteroatoms. The highest BCUT2D eigenvalue weighted by Gasteiger charge is 2.22. The summed E-state index contributed by atoms with van der Waals surface area (Å²) in [6, 6.07) is 10.1. The van der Waals surface area contributed by atoms with Crippen LogP contribution in [0.25, 0.3) is 0 Å². The van der Waals surface area contributed by atoms with Crippen LogP contribution in [0.2, 0.25) is 0 Å². The predicted molar refractivity (Wildman–Crippen MR) is 88.7 cm³/mol. The predicted octanol–water partition coefficient (Wildman–Crippen LogP) is 2.27. The Kier molecular flexibility index (Phi) is 6.00. The highest BCUT2D eigenvalue weighted by molar-refractivity contribution is 5.99. The molecule has 0 aliphatic carbocycles. The summed E-state index contributed by atoms with van der Waals surface area (Å²) in [5.41, 5.74) is -0.428. The van der Waals surface area contributed by atoms with Crippen LogP contribution < -0.4 is 10.6 Å². The van der Waals surface area contributed by atoms with Crippen molar-refractivity contribution in [1.29, 1.82) is 0 Å². The first-order chi connectivity index (χ1) is 12.3. The van der Waals surface area contributed by atoms with E-state index in [-0.39, 0.29) is 5.56 Å². The molecule has 0 aliphatic heterocycles. The summed E-state index contributed by atoms with van der Waals surface area (Å²) in [7, 11) is 0. The first kappa shape index (κ1) is 19.0. The maximum atomic E-state index is 14.1. The molecule has 3 N–H and O–H groups in total. The highest BCUT2D eigenvalue weighted by Crippen LogP contribution is 2.17. The summed E-state index contributed by atoms with van der Waals surface area (Å²) in [4.78, 5) is 34.3. The number of aliphatic carboxylic acids is 1. The Morgan fingerprint density at radius 2 is 1.62 bits per heavy atom. The van der Waals surface area contributed by atoms with Gasteiger partial charge >= 0.3 is 5.97 Å². The third kappa shape index (κ3) is 4.62. The molecule has 0 unspecified atom stereocenters. The van der Waals surface area contributed by atoms with Crippen molar-refractivity contribution in [2.24, 2.45) is 0 Å². The van der Waals surface area contributed by atoms with Crippen LogP contribution in [-0.4, -0.2) is 29.4 Å². The highest BCUT2D eigenvalue weighted by atomic mass is 19.1. The lowest BCUT2D eigenvalue weighted by molar-refractivity contribution is -0.135. The minimum Gasteiger partial charge on any atom is -0.480 e. The first-order valence-electron chi connectivity index (χ1n) is 7.64. The van der Waals surface area contributed by atoms with Crippen molar-refractivity contribution in [3.8, 4) is 0 Å². The Bertz CT molecular complexity index is 817. The van der Waals surface area contributed by atoms with Gasteiger partial charge in [-0.15, -0.1) is 0 Å². The van der Waals surface area contributed by atoms with Crippen LogP contribution in [0, 0.1) is 11.6 Å². The molecule has 2 rings (SSSR count). The average Bonchev–Trinajstić information content (AvgIpc) is 2.59. The molecule has 0 bridgehead atoms. The van der Waals surface area contributed by atoms with Gasteiger partial charge in [-0.1, -0.05) is 30.3 Å². The zero-order valence-electron chi connectivity index (χ0n) is 13.8. The molecule has 26 heavy (non-hydrogen) atoms. The third-order valence-corrected chi connectivity index (χ3v) is 3.58. The molecule has 2 amide bonds. The summed E-state index contributed by atoms with van der Waals surface area (Å²) < 4.78 is 28.2. The number of carboxylic acid groups (broad SMARTS) is 1. The van der Waals surface area contributed by atoms with Crippen LogP contribution in [-0.2, 0) is 4.79 Å². The molecule has 0 spiro atoms. The number of hydrogen-bond acceptors (Lipinski definition) is 3. The molecule has 2 aromatic carbocycles. The minimum atomic E-state index is -1.36. The molecule has 0 aromatic heterocycles. The van der Waals surface area contributed by atoms with Crippen molar-refractivity contribution < 1.29 is 28.3 Å². The SMILES string of the molecule is C[C@H](NC(=O)c1cc(F)c(C(=O)NCC(=O)O)c(F)c1)c1ccccc1.